The van der Waals surface area contributed by atoms with Crippen molar-refractivity contribution < 1.29 is 9.90 Å². The van der Waals surface area contributed by atoms with Crippen molar-refractivity contribution in [3.8, 4) is 0 Å². The molecule has 0 fully saturated rings. The minimum absolute atomic E-state index is 0.207. The molecule has 0 atom stereocenters. The van der Waals surface area contributed by atoms with E-state index in [-0.39, 0.29) is 6.42 Å². The lowest BCUT2D eigenvalue weighted by Gasteiger charge is -1.93. The number of carboxylic acid groups (broad SMARTS) is 1. The molecule has 2 nitrogen and oxygen atoms in total. The minimum Gasteiger partial charge on any atom is -0.481 e. The van der Waals surface area contributed by atoms with Crippen molar-refractivity contribution in [2.75, 3.05) is 0 Å². The fraction of sp³-hybridized carbons (Fsp3) is 0.286. The van der Waals surface area contributed by atoms with Crippen molar-refractivity contribution in [1.29, 1.82) is 0 Å². The quantitative estimate of drug-likeness (QED) is 0.873. The van der Waals surface area contributed by atoms with Gasteiger partial charge in [0.25, 0.3) is 0 Å². The van der Waals surface area contributed by atoms with Crippen molar-refractivity contribution in [2.45, 2.75) is 12.8 Å². The summed E-state index contributed by atoms with van der Waals surface area (Å²) in [5.74, 6) is -0.745. The molecule has 0 saturated carbocycles. The Bertz CT molecular complexity index is 257. The smallest absolute Gasteiger partial charge is 0.303 e. The van der Waals surface area contributed by atoms with E-state index in [9.17, 15) is 4.79 Å². The van der Waals surface area contributed by atoms with Crippen LogP contribution >= 0.6 is 27.3 Å². The Hall–Kier alpha value is -0.350. The highest BCUT2D eigenvalue weighted by molar-refractivity contribution is 9.10. The molecule has 0 aliphatic rings. The fourth-order valence-electron chi connectivity index (χ4n) is 0.724. The molecule has 0 unspecified atom stereocenters. The highest BCUT2D eigenvalue weighted by Crippen LogP contribution is 2.23. The minimum atomic E-state index is -0.745. The van der Waals surface area contributed by atoms with Crippen LogP contribution in [0.15, 0.2) is 15.9 Å². The van der Waals surface area contributed by atoms with E-state index in [4.69, 9.17) is 5.11 Å². The summed E-state index contributed by atoms with van der Waals surface area (Å²) in [4.78, 5) is 11.3. The van der Waals surface area contributed by atoms with Crippen molar-refractivity contribution in [1.82, 2.24) is 0 Å². The van der Waals surface area contributed by atoms with Crippen LogP contribution in [0, 0.1) is 0 Å². The number of rotatable bonds is 3. The summed E-state index contributed by atoms with van der Waals surface area (Å²) >= 11 is 4.92. The van der Waals surface area contributed by atoms with E-state index in [0.717, 1.165) is 9.35 Å². The predicted octanol–water partition coefficient (Wildman–Crippen LogP) is 2.53. The van der Waals surface area contributed by atoms with Gasteiger partial charge in [0.05, 0.1) is 6.42 Å². The first-order chi connectivity index (χ1) is 5.20. The second kappa shape index (κ2) is 3.88. The van der Waals surface area contributed by atoms with Crippen molar-refractivity contribution in [2.24, 2.45) is 0 Å². The summed E-state index contributed by atoms with van der Waals surface area (Å²) in [6.07, 6.45) is 0.826. The van der Waals surface area contributed by atoms with Gasteiger partial charge in [-0.2, -0.15) is 0 Å². The van der Waals surface area contributed by atoms with Crippen LogP contribution in [-0.2, 0) is 11.2 Å². The van der Waals surface area contributed by atoms with Crippen LogP contribution < -0.4 is 0 Å². The number of aliphatic carboxylic acids is 1. The second-order valence-electron chi connectivity index (χ2n) is 2.09. The third kappa shape index (κ3) is 2.63. The van der Waals surface area contributed by atoms with Crippen LogP contribution in [0.4, 0.5) is 0 Å². The zero-order chi connectivity index (χ0) is 8.27. The van der Waals surface area contributed by atoms with Gasteiger partial charge in [-0.25, -0.2) is 0 Å². The largest absolute Gasteiger partial charge is 0.481 e. The molecule has 0 radical (unpaired) electrons. The van der Waals surface area contributed by atoms with E-state index >= 15 is 0 Å². The maximum Gasteiger partial charge on any atom is 0.303 e. The van der Waals surface area contributed by atoms with Gasteiger partial charge in [-0.3, -0.25) is 4.79 Å². The average molecular weight is 235 g/mol. The van der Waals surface area contributed by atoms with Crippen molar-refractivity contribution in [3.05, 3.63) is 20.8 Å². The molecule has 60 valence electrons. The van der Waals surface area contributed by atoms with Gasteiger partial charge in [-0.1, -0.05) is 0 Å². The zero-order valence-corrected chi connectivity index (χ0v) is 8.11. The molecule has 0 aliphatic heterocycles. The lowest BCUT2D eigenvalue weighted by molar-refractivity contribution is -0.136. The second-order valence-corrected chi connectivity index (χ2v) is 3.94. The molecule has 0 bridgehead atoms. The predicted molar refractivity (Wildman–Crippen MR) is 48.0 cm³/mol. The molecular weight excluding hydrogens is 228 g/mol. The Balaban J connectivity index is 2.51. The number of thiophene rings is 1. The highest BCUT2D eigenvalue weighted by Gasteiger charge is 2.03. The van der Waals surface area contributed by atoms with Crippen LogP contribution in [0.3, 0.4) is 0 Å². The van der Waals surface area contributed by atoms with Crippen molar-refractivity contribution >= 4 is 33.2 Å². The van der Waals surface area contributed by atoms with Gasteiger partial charge in [-0.15, -0.1) is 11.3 Å². The third-order valence-corrected chi connectivity index (χ3v) is 3.24. The number of carboxylic acids is 1. The van der Waals surface area contributed by atoms with Gasteiger partial charge >= 0.3 is 5.97 Å². The maximum absolute atomic E-state index is 10.2. The first kappa shape index (κ1) is 8.74. The van der Waals surface area contributed by atoms with Gasteiger partial charge in [0, 0.05) is 9.35 Å². The molecule has 11 heavy (non-hydrogen) atoms. The maximum atomic E-state index is 10.2. The number of hydrogen-bond acceptors (Lipinski definition) is 2. The van der Waals surface area contributed by atoms with E-state index in [2.05, 4.69) is 15.9 Å². The molecule has 0 amide bonds. The number of halogens is 1. The lowest BCUT2D eigenvalue weighted by Crippen LogP contribution is -1.95. The Morgan fingerprint density at radius 3 is 2.91 bits per heavy atom. The van der Waals surface area contributed by atoms with Gasteiger partial charge in [0.15, 0.2) is 0 Å². The average Bonchev–Trinajstić information content (AvgIpc) is 2.31. The summed E-state index contributed by atoms with van der Waals surface area (Å²) in [6, 6.07) is 1.93. The van der Waals surface area contributed by atoms with E-state index < -0.39 is 5.97 Å². The number of aryl methyl sites for hydroxylation is 1. The van der Waals surface area contributed by atoms with E-state index in [1.807, 2.05) is 11.4 Å². The summed E-state index contributed by atoms with van der Waals surface area (Å²) in [6.45, 7) is 0. The van der Waals surface area contributed by atoms with Crippen LogP contribution in [-0.4, -0.2) is 11.1 Å². The Morgan fingerprint density at radius 1 is 1.73 bits per heavy atom. The van der Waals surface area contributed by atoms with Crippen molar-refractivity contribution in [3.63, 3.8) is 0 Å². The van der Waals surface area contributed by atoms with Gasteiger partial charge in [-0.05, 0) is 33.8 Å². The topological polar surface area (TPSA) is 37.3 Å². The van der Waals surface area contributed by atoms with E-state index in [0.29, 0.717) is 6.42 Å². The summed E-state index contributed by atoms with van der Waals surface area (Å²) in [5, 5.41) is 10.3. The first-order valence-electron chi connectivity index (χ1n) is 3.14. The molecule has 0 aliphatic carbocycles. The number of carbonyl (C=O) groups is 1. The summed E-state index contributed by atoms with van der Waals surface area (Å²) < 4.78 is 1.02. The van der Waals surface area contributed by atoms with Crippen LogP contribution in [0.2, 0.25) is 0 Å². The monoisotopic (exact) mass is 234 g/mol. The SMILES string of the molecule is O=C(O)CCc1sccc1Br. The molecule has 1 aromatic rings. The summed E-state index contributed by atoms with van der Waals surface area (Å²) in [5.41, 5.74) is 0. The van der Waals surface area contributed by atoms with Gasteiger partial charge in [0.2, 0.25) is 0 Å². The van der Waals surface area contributed by atoms with Gasteiger partial charge in [0.1, 0.15) is 0 Å². The standard InChI is InChI=1S/C7H7BrO2S/c8-5-3-4-11-6(5)1-2-7(9)10/h3-4H,1-2H2,(H,9,10). The van der Waals surface area contributed by atoms with Crippen LogP contribution in [0.1, 0.15) is 11.3 Å². The molecule has 0 saturated heterocycles. The molecule has 4 heteroatoms. The Kier molecular flexibility index (Phi) is 3.08. The Labute approximate surface area is 77.0 Å². The number of hydrogen-bond donors (Lipinski definition) is 1. The fourth-order valence-corrected chi connectivity index (χ4v) is 2.28. The lowest BCUT2D eigenvalue weighted by atomic mass is 10.3. The van der Waals surface area contributed by atoms with Gasteiger partial charge < -0.3 is 5.11 Å². The molecule has 1 heterocycles. The molecule has 1 aromatic heterocycles. The molecule has 0 aromatic carbocycles. The molecule has 1 rings (SSSR count). The molecule has 1 N–H and O–H groups in total. The first-order valence-corrected chi connectivity index (χ1v) is 4.81. The normalized spacial score (nSPS) is 9.91. The van der Waals surface area contributed by atoms with E-state index in [1.54, 1.807) is 11.3 Å². The molecular formula is C7H7BrO2S. The van der Waals surface area contributed by atoms with Crippen LogP contribution in [0.5, 0.6) is 0 Å². The van der Waals surface area contributed by atoms with E-state index in [1.165, 1.54) is 0 Å². The molecule has 0 spiro atoms. The Morgan fingerprint density at radius 2 is 2.45 bits per heavy atom. The summed E-state index contributed by atoms with van der Waals surface area (Å²) in [7, 11) is 0. The third-order valence-electron chi connectivity index (χ3n) is 1.26. The zero-order valence-electron chi connectivity index (χ0n) is 5.71. The highest BCUT2D eigenvalue weighted by atomic mass is 79.9. The van der Waals surface area contributed by atoms with Crippen LogP contribution in [0.25, 0.3) is 0 Å².